The Bertz CT molecular complexity index is 709. The van der Waals surface area contributed by atoms with Crippen molar-refractivity contribution in [2.75, 3.05) is 7.11 Å². The molecule has 0 saturated carbocycles. The summed E-state index contributed by atoms with van der Waals surface area (Å²) >= 11 is 7.49. The van der Waals surface area contributed by atoms with Gasteiger partial charge in [0.05, 0.1) is 18.9 Å². The van der Waals surface area contributed by atoms with Crippen LogP contribution in [0, 0.1) is 0 Å². The number of thiazole rings is 1. The highest BCUT2D eigenvalue weighted by Crippen LogP contribution is 2.30. The van der Waals surface area contributed by atoms with Crippen LogP contribution in [0.3, 0.4) is 0 Å². The molecule has 0 aliphatic carbocycles. The highest BCUT2D eigenvalue weighted by molar-refractivity contribution is 7.15. The normalized spacial score (nSPS) is 12.8. The fourth-order valence-corrected chi connectivity index (χ4v) is 3.02. The van der Waals surface area contributed by atoms with Crippen molar-refractivity contribution >= 4 is 27.9 Å². The minimum Gasteiger partial charge on any atom is -0.496 e. The largest absolute Gasteiger partial charge is 0.496 e. The zero-order valence-corrected chi connectivity index (χ0v) is 12.4. The summed E-state index contributed by atoms with van der Waals surface area (Å²) in [5.41, 5.74) is 1.56. The Balaban J connectivity index is 1.85. The number of fused-ring (bicyclic) bond motifs is 1. The van der Waals surface area contributed by atoms with E-state index in [9.17, 15) is 5.11 Å². The smallest absolute Gasteiger partial charge is 0.193 e. The molecule has 0 aliphatic rings. The van der Waals surface area contributed by atoms with Crippen LogP contribution in [0.15, 0.2) is 36.0 Å². The molecule has 1 unspecified atom stereocenters. The average Bonchev–Trinajstić information content (AvgIpc) is 2.99. The molecule has 3 rings (SSSR count). The first kappa shape index (κ1) is 13.4. The van der Waals surface area contributed by atoms with E-state index in [1.807, 2.05) is 22.2 Å². The van der Waals surface area contributed by atoms with Gasteiger partial charge in [-0.2, -0.15) is 0 Å². The SMILES string of the molecule is COc1cc(Cl)ccc1C(O)Cc1cn2ccsc2n1. The Morgan fingerprint density at radius 1 is 1.50 bits per heavy atom. The van der Waals surface area contributed by atoms with Gasteiger partial charge >= 0.3 is 0 Å². The second kappa shape index (κ2) is 5.44. The van der Waals surface area contributed by atoms with Crippen molar-refractivity contribution < 1.29 is 9.84 Å². The van der Waals surface area contributed by atoms with Crippen molar-refractivity contribution in [3.63, 3.8) is 0 Å². The number of ether oxygens (including phenoxy) is 1. The van der Waals surface area contributed by atoms with Crippen LogP contribution in [0.4, 0.5) is 0 Å². The molecule has 20 heavy (non-hydrogen) atoms. The van der Waals surface area contributed by atoms with Crippen molar-refractivity contribution in [2.45, 2.75) is 12.5 Å². The van der Waals surface area contributed by atoms with Crippen LogP contribution >= 0.6 is 22.9 Å². The summed E-state index contributed by atoms with van der Waals surface area (Å²) in [6, 6.07) is 5.23. The fraction of sp³-hybridized carbons (Fsp3) is 0.214. The molecule has 0 aliphatic heterocycles. The third-order valence-corrected chi connectivity index (χ3v) is 4.11. The molecule has 2 aromatic heterocycles. The van der Waals surface area contributed by atoms with Gasteiger partial charge in [0.25, 0.3) is 0 Å². The zero-order chi connectivity index (χ0) is 14.1. The predicted molar refractivity (Wildman–Crippen MR) is 79.7 cm³/mol. The summed E-state index contributed by atoms with van der Waals surface area (Å²) < 4.78 is 7.21. The standard InChI is InChI=1S/C14H13ClN2O2S/c1-19-13-6-9(15)2-3-11(13)12(18)7-10-8-17-4-5-20-14(17)16-10/h2-6,8,12,18H,7H2,1H3. The van der Waals surface area contributed by atoms with E-state index in [4.69, 9.17) is 16.3 Å². The van der Waals surface area contributed by atoms with Gasteiger partial charge in [0.1, 0.15) is 5.75 Å². The maximum Gasteiger partial charge on any atom is 0.193 e. The summed E-state index contributed by atoms with van der Waals surface area (Å²) in [6.45, 7) is 0. The van der Waals surface area contributed by atoms with E-state index in [2.05, 4.69) is 4.98 Å². The van der Waals surface area contributed by atoms with Gasteiger partial charge in [-0.3, -0.25) is 4.40 Å². The van der Waals surface area contributed by atoms with Gasteiger partial charge in [-0.25, -0.2) is 4.98 Å². The third-order valence-electron chi connectivity index (χ3n) is 3.10. The highest BCUT2D eigenvalue weighted by atomic mass is 35.5. The quantitative estimate of drug-likeness (QED) is 0.804. The zero-order valence-electron chi connectivity index (χ0n) is 10.8. The molecule has 0 bridgehead atoms. The fourth-order valence-electron chi connectivity index (χ4n) is 2.14. The van der Waals surface area contributed by atoms with Crippen LogP contribution in [-0.4, -0.2) is 21.6 Å². The van der Waals surface area contributed by atoms with E-state index in [0.717, 1.165) is 10.7 Å². The molecule has 0 saturated heterocycles. The minimum atomic E-state index is -0.674. The van der Waals surface area contributed by atoms with Crippen LogP contribution in [0.2, 0.25) is 5.02 Å². The number of aromatic nitrogens is 2. The van der Waals surface area contributed by atoms with Gasteiger partial charge in [-0.15, -0.1) is 11.3 Å². The first-order valence-electron chi connectivity index (χ1n) is 6.10. The van der Waals surface area contributed by atoms with Gasteiger partial charge in [-0.05, 0) is 12.1 Å². The maximum atomic E-state index is 10.4. The average molecular weight is 309 g/mol. The van der Waals surface area contributed by atoms with E-state index in [0.29, 0.717) is 22.8 Å². The molecule has 3 aromatic rings. The van der Waals surface area contributed by atoms with Crippen LogP contribution in [0.1, 0.15) is 17.4 Å². The first-order chi connectivity index (χ1) is 9.67. The maximum absolute atomic E-state index is 10.4. The number of hydrogen-bond acceptors (Lipinski definition) is 4. The topological polar surface area (TPSA) is 46.8 Å². The number of nitrogens with zero attached hydrogens (tertiary/aromatic N) is 2. The number of imidazole rings is 1. The van der Waals surface area contributed by atoms with Gasteiger partial charge in [-0.1, -0.05) is 17.7 Å². The third kappa shape index (κ3) is 2.52. The Labute approximate surface area is 125 Å². The second-order valence-electron chi connectivity index (χ2n) is 4.43. The molecule has 1 aromatic carbocycles. The number of aliphatic hydroxyl groups is 1. The molecule has 0 spiro atoms. The predicted octanol–water partition coefficient (Wildman–Crippen LogP) is 3.33. The lowest BCUT2D eigenvalue weighted by Gasteiger charge is -2.14. The molecular formula is C14H13ClN2O2S. The molecule has 2 heterocycles. The monoisotopic (exact) mass is 308 g/mol. The minimum absolute atomic E-state index is 0.437. The molecule has 1 N–H and O–H groups in total. The summed E-state index contributed by atoms with van der Waals surface area (Å²) in [4.78, 5) is 5.39. The number of hydrogen-bond donors (Lipinski definition) is 1. The Kier molecular flexibility index (Phi) is 3.65. The Morgan fingerprint density at radius 2 is 2.35 bits per heavy atom. The van der Waals surface area contributed by atoms with Crippen molar-refractivity contribution in [1.82, 2.24) is 9.38 Å². The molecule has 0 amide bonds. The lowest BCUT2D eigenvalue weighted by molar-refractivity contribution is 0.173. The Hall–Kier alpha value is -1.56. The summed E-state index contributed by atoms with van der Waals surface area (Å²) in [7, 11) is 1.56. The van der Waals surface area contributed by atoms with Gasteiger partial charge < -0.3 is 9.84 Å². The van der Waals surface area contributed by atoms with Crippen molar-refractivity contribution in [2.24, 2.45) is 0 Å². The molecule has 104 valence electrons. The number of halogens is 1. The van der Waals surface area contributed by atoms with Crippen LogP contribution < -0.4 is 4.74 Å². The van der Waals surface area contributed by atoms with E-state index in [1.54, 1.807) is 36.6 Å². The first-order valence-corrected chi connectivity index (χ1v) is 7.35. The van der Waals surface area contributed by atoms with E-state index in [-0.39, 0.29) is 0 Å². The van der Waals surface area contributed by atoms with Crippen LogP contribution in [0.25, 0.3) is 4.96 Å². The van der Waals surface area contributed by atoms with Crippen LogP contribution in [0.5, 0.6) is 5.75 Å². The van der Waals surface area contributed by atoms with Crippen molar-refractivity contribution in [3.05, 3.63) is 52.3 Å². The van der Waals surface area contributed by atoms with Crippen molar-refractivity contribution in [3.8, 4) is 5.75 Å². The molecule has 0 radical (unpaired) electrons. The van der Waals surface area contributed by atoms with Gasteiger partial charge in [0.2, 0.25) is 0 Å². The van der Waals surface area contributed by atoms with Gasteiger partial charge in [0, 0.05) is 34.8 Å². The molecule has 4 nitrogen and oxygen atoms in total. The number of rotatable bonds is 4. The number of aliphatic hydroxyl groups excluding tert-OH is 1. The lowest BCUT2D eigenvalue weighted by atomic mass is 10.0. The van der Waals surface area contributed by atoms with Gasteiger partial charge in [0.15, 0.2) is 4.96 Å². The number of methoxy groups -OCH3 is 1. The Morgan fingerprint density at radius 3 is 3.10 bits per heavy atom. The van der Waals surface area contributed by atoms with E-state index in [1.165, 1.54) is 0 Å². The van der Waals surface area contributed by atoms with E-state index >= 15 is 0 Å². The molecule has 0 fully saturated rings. The summed E-state index contributed by atoms with van der Waals surface area (Å²) in [5.74, 6) is 0.589. The number of benzene rings is 1. The highest BCUT2D eigenvalue weighted by Gasteiger charge is 2.16. The second-order valence-corrected chi connectivity index (χ2v) is 5.74. The molecular weight excluding hydrogens is 296 g/mol. The van der Waals surface area contributed by atoms with Crippen molar-refractivity contribution in [1.29, 1.82) is 0 Å². The van der Waals surface area contributed by atoms with Crippen LogP contribution in [-0.2, 0) is 6.42 Å². The summed E-state index contributed by atoms with van der Waals surface area (Å²) in [5, 5.41) is 12.9. The lowest BCUT2D eigenvalue weighted by Crippen LogP contribution is -2.04. The molecule has 6 heteroatoms. The van der Waals surface area contributed by atoms with E-state index < -0.39 is 6.10 Å². The summed E-state index contributed by atoms with van der Waals surface area (Å²) in [6.07, 6.45) is 3.64. The molecule has 1 atom stereocenters.